The number of amides is 1. The molecule has 0 radical (unpaired) electrons. The zero-order chi connectivity index (χ0) is 16.8. The van der Waals surface area contributed by atoms with E-state index in [0.29, 0.717) is 0 Å². The lowest BCUT2D eigenvalue weighted by Gasteiger charge is -2.19. The second-order valence-electron chi connectivity index (χ2n) is 5.23. The average molecular weight is 319 g/mol. The number of anilines is 2. The van der Waals surface area contributed by atoms with E-state index in [0.717, 1.165) is 37.2 Å². The molecule has 6 heteroatoms. The third-order valence-electron chi connectivity index (χ3n) is 3.47. The average Bonchev–Trinajstić information content (AvgIpc) is 2.56. The summed E-state index contributed by atoms with van der Waals surface area (Å²) in [5.41, 5.74) is 0.463. The first-order valence-electron chi connectivity index (χ1n) is 7.45. The van der Waals surface area contributed by atoms with E-state index in [1.807, 2.05) is 11.9 Å². The summed E-state index contributed by atoms with van der Waals surface area (Å²) in [7, 11) is 1.92. The number of halogens is 2. The number of carbonyl (C=O) groups excluding carboxylic acids is 1. The third kappa shape index (κ3) is 4.25. The molecule has 0 saturated heterocycles. The van der Waals surface area contributed by atoms with Crippen LogP contribution in [0.4, 0.5) is 20.2 Å². The van der Waals surface area contributed by atoms with Crippen LogP contribution in [0.15, 0.2) is 36.5 Å². The van der Waals surface area contributed by atoms with E-state index in [1.54, 1.807) is 12.1 Å². The van der Waals surface area contributed by atoms with Crippen molar-refractivity contribution in [2.75, 3.05) is 23.8 Å². The van der Waals surface area contributed by atoms with Crippen molar-refractivity contribution in [3.63, 3.8) is 0 Å². The molecule has 0 aliphatic rings. The van der Waals surface area contributed by atoms with Gasteiger partial charge in [-0.15, -0.1) is 0 Å². The summed E-state index contributed by atoms with van der Waals surface area (Å²) in [5, 5.41) is 2.23. The van der Waals surface area contributed by atoms with Crippen LogP contribution in [0.5, 0.6) is 0 Å². The highest BCUT2D eigenvalue weighted by molar-refractivity contribution is 6.03. The summed E-state index contributed by atoms with van der Waals surface area (Å²) in [6, 6.07) is 6.80. The minimum absolute atomic E-state index is 0.105. The van der Waals surface area contributed by atoms with E-state index >= 15 is 0 Å². The highest BCUT2D eigenvalue weighted by Crippen LogP contribution is 2.20. The molecule has 4 nitrogen and oxygen atoms in total. The second-order valence-corrected chi connectivity index (χ2v) is 5.23. The van der Waals surface area contributed by atoms with Crippen LogP contribution in [-0.2, 0) is 0 Å². The summed E-state index contributed by atoms with van der Waals surface area (Å²) in [5.74, 6) is -2.30. The minimum Gasteiger partial charge on any atom is -0.374 e. The van der Waals surface area contributed by atoms with Gasteiger partial charge in [0.25, 0.3) is 5.91 Å². The van der Waals surface area contributed by atoms with E-state index in [2.05, 4.69) is 17.2 Å². The minimum atomic E-state index is -0.824. The maximum Gasteiger partial charge on any atom is 0.274 e. The van der Waals surface area contributed by atoms with Crippen LogP contribution in [0.25, 0.3) is 0 Å². The van der Waals surface area contributed by atoms with Gasteiger partial charge in [0, 0.05) is 25.5 Å². The fourth-order valence-corrected chi connectivity index (χ4v) is 2.10. The summed E-state index contributed by atoms with van der Waals surface area (Å²) >= 11 is 0. The van der Waals surface area contributed by atoms with Crippen LogP contribution in [0.2, 0.25) is 0 Å². The van der Waals surface area contributed by atoms with Crippen molar-refractivity contribution in [1.82, 2.24) is 4.98 Å². The number of rotatable bonds is 6. The van der Waals surface area contributed by atoms with Gasteiger partial charge < -0.3 is 10.2 Å². The van der Waals surface area contributed by atoms with Gasteiger partial charge in [-0.2, -0.15) is 0 Å². The van der Waals surface area contributed by atoms with E-state index in [9.17, 15) is 13.6 Å². The molecule has 122 valence electrons. The number of carbonyl (C=O) groups is 1. The Hall–Kier alpha value is -2.50. The fraction of sp³-hybridized carbons (Fsp3) is 0.294. The van der Waals surface area contributed by atoms with Gasteiger partial charge in [0.15, 0.2) is 0 Å². The molecule has 1 aromatic heterocycles. The molecule has 0 bridgehead atoms. The number of hydrogen-bond donors (Lipinski definition) is 1. The van der Waals surface area contributed by atoms with Gasteiger partial charge in [-0.3, -0.25) is 9.78 Å². The lowest BCUT2D eigenvalue weighted by atomic mass is 10.2. The van der Waals surface area contributed by atoms with Crippen molar-refractivity contribution in [1.29, 1.82) is 0 Å². The van der Waals surface area contributed by atoms with E-state index in [-0.39, 0.29) is 5.69 Å². The molecule has 1 N–H and O–H groups in total. The molecule has 1 heterocycles. The summed E-state index contributed by atoms with van der Waals surface area (Å²) in [6.45, 7) is 2.95. The number of unbranched alkanes of at least 4 members (excludes halogenated alkanes) is 1. The Kier molecular flexibility index (Phi) is 5.62. The molecule has 0 aliphatic carbocycles. The predicted octanol–water partition coefficient (Wildman–Crippen LogP) is 3.85. The summed E-state index contributed by atoms with van der Waals surface area (Å²) in [6.07, 6.45) is 3.60. The Balaban J connectivity index is 2.17. The number of hydrogen-bond acceptors (Lipinski definition) is 3. The number of aromatic nitrogens is 1. The summed E-state index contributed by atoms with van der Waals surface area (Å²) < 4.78 is 27.2. The molecule has 1 amide bonds. The maximum absolute atomic E-state index is 13.6. The van der Waals surface area contributed by atoms with Crippen molar-refractivity contribution in [2.24, 2.45) is 0 Å². The Morgan fingerprint density at radius 1 is 1.26 bits per heavy atom. The van der Waals surface area contributed by atoms with Crippen molar-refractivity contribution < 1.29 is 13.6 Å². The normalized spacial score (nSPS) is 10.4. The van der Waals surface area contributed by atoms with Crippen LogP contribution in [0, 0.1) is 11.6 Å². The first-order valence-corrected chi connectivity index (χ1v) is 7.45. The van der Waals surface area contributed by atoms with Crippen molar-refractivity contribution in [2.45, 2.75) is 19.8 Å². The molecule has 1 aromatic carbocycles. The number of pyridine rings is 1. The smallest absolute Gasteiger partial charge is 0.274 e. The van der Waals surface area contributed by atoms with Gasteiger partial charge >= 0.3 is 0 Å². The van der Waals surface area contributed by atoms with E-state index < -0.39 is 23.2 Å². The molecule has 0 unspecified atom stereocenters. The molecule has 2 rings (SSSR count). The summed E-state index contributed by atoms with van der Waals surface area (Å²) in [4.78, 5) is 18.2. The van der Waals surface area contributed by atoms with Crippen molar-refractivity contribution >= 4 is 17.3 Å². The maximum atomic E-state index is 13.6. The van der Waals surface area contributed by atoms with Gasteiger partial charge in [-0.1, -0.05) is 19.4 Å². The van der Waals surface area contributed by atoms with Crippen LogP contribution >= 0.6 is 0 Å². The van der Waals surface area contributed by atoms with Gasteiger partial charge in [0.1, 0.15) is 23.0 Å². The lowest BCUT2D eigenvalue weighted by molar-refractivity contribution is 0.102. The van der Waals surface area contributed by atoms with E-state index in [4.69, 9.17) is 0 Å². The van der Waals surface area contributed by atoms with Crippen molar-refractivity contribution in [3.05, 3.63) is 53.9 Å². The molecule has 0 atom stereocenters. The monoisotopic (exact) mass is 319 g/mol. The standard InChI is InChI=1S/C17H19F2N3O/c1-3-4-10-22(2)12-8-9-20-15(11-12)17(23)21-16-13(18)6-5-7-14(16)19/h5-9,11H,3-4,10H2,1-2H3,(H,21,23). The molecule has 0 saturated carbocycles. The zero-order valence-corrected chi connectivity index (χ0v) is 13.1. The van der Waals surface area contributed by atoms with Gasteiger partial charge in [0.2, 0.25) is 0 Å². The number of nitrogens with zero attached hydrogens (tertiary/aromatic N) is 2. The molecule has 0 spiro atoms. The molecule has 2 aromatic rings. The largest absolute Gasteiger partial charge is 0.374 e. The number of benzene rings is 1. The van der Waals surface area contributed by atoms with Crippen molar-refractivity contribution in [3.8, 4) is 0 Å². The Morgan fingerprint density at radius 3 is 2.61 bits per heavy atom. The molecular formula is C17H19F2N3O. The predicted molar refractivity (Wildman–Crippen MR) is 86.7 cm³/mol. The van der Waals surface area contributed by atoms with Crippen LogP contribution in [-0.4, -0.2) is 24.5 Å². The van der Waals surface area contributed by atoms with Gasteiger partial charge in [0.05, 0.1) is 0 Å². The van der Waals surface area contributed by atoms with Crippen LogP contribution in [0.3, 0.4) is 0 Å². The van der Waals surface area contributed by atoms with E-state index in [1.165, 1.54) is 12.3 Å². The quantitative estimate of drug-likeness (QED) is 0.879. The second kappa shape index (κ2) is 7.67. The van der Waals surface area contributed by atoms with Crippen LogP contribution < -0.4 is 10.2 Å². The first-order chi connectivity index (χ1) is 11.0. The number of para-hydroxylation sites is 1. The van der Waals surface area contributed by atoms with Crippen LogP contribution in [0.1, 0.15) is 30.3 Å². The fourth-order valence-electron chi connectivity index (χ4n) is 2.10. The Bertz CT molecular complexity index is 671. The topological polar surface area (TPSA) is 45.2 Å². The van der Waals surface area contributed by atoms with Gasteiger partial charge in [-0.05, 0) is 30.7 Å². The first kappa shape index (κ1) is 16.9. The SMILES string of the molecule is CCCCN(C)c1ccnc(C(=O)Nc2c(F)cccc2F)c1. The Morgan fingerprint density at radius 2 is 1.96 bits per heavy atom. The Labute approximate surface area is 134 Å². The molecule has 23 heavy (non-hydrogen) atoms. The number of nitrogens with one attached hydrogen (secondary N) is 1. The third-order valence-corrected chi connectivity index (χ3v) is 3.47. The molecule has 0 aliphatic heterocycles. The lowest BCUT2D eigenvalue weighted by Crippen LogP contribution is -2.20. The highest BCUT2D eigenvalue weighted by atomic mass is 19.1. The molecule has 0 fully saturated rings. The highest BCUT2D eigenvalue weighted by Gasteiger charge is 2.15. The zero-order valence-electron chi connectivity index (χ0n) is 13.1. The van der Waals surface area contributed by atoms with Gasteiger partial charge in [-0.25, -0.2) is 8.78 Å². The molecular weight excluding hydrogens is 300 g/mol.